The lowest BCUT2D eigenvalue weighted by molar-refractivity contribution is -0.113. The molecule has 0 aromatic carbocycles. The molecule has 13 heavy (non-hydrogen) atoms. The number of carbonyl (C=O) groups excluding carboxylic acids is 1. The van der Waals surface area contributed by atoms with Crippen molar-refractivity contribution in [3.05, 3.63) is 22.8 Å². The zero-order chi connectivity index (χ0) is 9.84. The molecular weight excluding hydrogens is 162 g/mol. The number of hydrogen-bond donors (Lipinski definition) is 1. The van der Waals surface area contributed by atoms with Crippen molar-refractivity contribution in [3.63, 3.8) is 0 Å². The van der Waals surface area contributed by atoms with Crippen LogP contribution in [0.15, 0.2) is 22.8 Å². The highest BCUT2D eigenvalue weighted by Crippen LogP contribution is 2.21. The van der Waals surface area contributed by atoms with Crippen LogP contribution in [0.1, 0.15) is 27.2 Å². The van der Waals surface area contributed by atoms with Gasteiger partial charge in [0.05, 0.1) is 0 Å². The molecule has 0 aromatic heterocycles. The van der Waals surface area contributed by atoms with Gasteiger partial charge in [0.1, 0.15) is 0 Å². The number of nitrogens with one attached hydrogen (secondary N) is 1. The predicted molar refractivity (Wildman–Crippen MR) is 54.6 cm³/mol. The second-order valence-electron chi connectivity index (χ2n) is 3.44. The van der Waals surface area contributed by atoms with Gasteiger partial charge in [-0.25, -0.2) is 0 Å². The van der Waals surface area contributed by atoms with Crippen molar-refractivity contribution in [2.24, 2.45) is 0 Å². The Kier molecular flexibility index (Phi) is 3.43. The van der Waals surface area contributed by atoms with Gasteiger partial charge in [-0.3, -0.25) is 4.79 Å². The molecule has 1 rings (SSSR count). The van der Waals surface area contributed by atoms with E-state index >= 15 is 0 Å². The van der Waals surface area contributed by atoms with Crippen molar-refractivity contribution in [2.75, 3.05) is 13.1 Å². The van der Waals surface area contributed by atoms with Gasteiger partial charge in [-0.2, -0.15) is 0 Å². The van der Waals surface area contributed by atoms with Crippen molar-refractivity contribution in [2.45, 2.75) is 27.2 Å². The van der Waals surface area contributed by atoms with Crippen LogP contribution < -0.4 is 5.32 Å². The molecule has 0 aliphatic carbocycles. The average molecular weight is 179 g/mol. The molecule has 0 bridgehead atoms. The molecule has 0 radical (unpaired) electrons. The normalized spacial score (nSPS) is 19.2. The van der Waals surface area contributed by atoms with Crippen LogP contribution in [0.25, 0.3) is 0 Å². The van der Waals surface area contributed by atoms with E-state index in [0.29, 0.717) is 0 Å². The first-order valence-electron chi connectivity index (χ1n) is 4.73. The lowest BCUT2D eigenvalue weighted by Crippen LogP contribution is -2.25. The maximum Gasteiger partial charge on any atom is 0.159 e. The highest BCUT2D eigenvalue weighted by Gasteiger charge is 2.14. The number of allylic oxidation sites excluding steroid dienone is 2. The SMILES string of the molecule is C/C=C(/C(C)=O)C1=C(C)CNCC1. The molecule has 1 aliphatic heterocycles. The average Bonchev–Trinajstić information content (AvgIpc) is 2.09. The van der Waals surface area contributed by atoms with E-state index in [1.165, 1.54) is 11.1 Å². The third kappa shape index (κ3) is 2.28. The van der Waals surface area contributed by atoms with E-state index in [2.05, 4.69) is 12.2 Å². The van der Waals surface area contributed by atoms with Crippen LogP contribution in [0.2, 0.25) is 0 Å². The molecule has 0 atom stereocenters. The number of hydrogen-bond acceptors (Lipinski definition) is 2. The van der Waals surface area contributed by atoms with E-state index < -0.39 is 0 Å². The van der Waals surface area contributed by atoms with Crippen molar-refractivity contribution in [1.29, 1.82) is 0 Å². The van der Waals surface area contributed by atoms with Gasteiger partial charge in [-0.05, 0) is 39.3 Å². The number of rotatable bonds is 2. The Morgan fingerprint density at radius 1 is 1.54 bits per heavy atom. The lowest BCUT2D eigenvalue weighted by atomic mass is 9.93. The first kappa shape index (κ1) is 10.2. The summed E-state index contributed by atoms with van der Waals surface area (Å²) in [5, 5.41) is 3.29. The highest BCUT2D eigenvalue weighted by atomic mass is 16.1. The van der Waals surface area contributed by atoms with Crippen LogP contribution in [0, 0.1) is 0 Å². The molecule has 0 aromatic rings. The molecule has 1 heterocycles. The molecule has 72 valence electrons. The summed E-state index contributed by atoms with van der Waals surface area (Å²) in [7, 11) is 0. The first-order chi connectivity index (χ1) is 6.16. The van der Waals surface area contributed by atoms with Crippen LogP contribution in [0.4, 0.5) is 0 Å². The van der Waals surface area contributed by atoms with Gasteiger partial charge in [-0.15, -0.1) is 0 Å². The number of carbonyl (C=O) groups is 1. The summed E-state index contributed by atoms with van der Waals surface area (Å²) in [6, 6.07) is 0. The molecule has 1 aliphatic rings. The summed E-state index contributed by atoms with van der Waals surface area (Å²) in [6.07, 6.45) is 2.90. The summed E-state index contributed by atoms with van der Waals surface area (Å²) in [5.41, 5.74) is 3.45. The van der Waals surface area contributed by atoms with Gasteiger partial charge < -0.3 is 5.32 Å². The Morgan fingerprint density at radius 3 is 2.69 bits per heavy atom. The Balaban J connectivity index is 2.97. The molecule has 2 heteroatoms. The lowest BCUT2D eigenvalue weighted by Gasteiger charge is -2.19. The third-order valence-electron chi connectivity index (χ3n) is 2.45. The van der Waals surface area contributed by atoms with Crippen molar-refractivity contribution >= 4 is 5.78 Å². The van der Waals surface area contributed by atoms with E-state index in [9.17, 15) is 4.79 Å². The minimum Gasteiger partial charge on any atom is -0.313 e. The molecule has 0 saturated heterocycles. The van der Waals surface area contributed by atoms with E-state index in [1.807, 2.05) is 13.0 Å². The van der Waals surface area contributed by atoms with E-state index in [-0.39, 0.29) is 5.78 Å². The van der Waals surface area contributed by atoms with Gasteiger partial charge in [-0.1, -0.05) is 11.6 Å². The monoisotopic (exact) mass is 179 g/mol. The Morgan fingerprint density at radius 2 is 2.23 bits per heavy atom. The van der Waals surface area contributed by atoms with Crippen LogP contribution >= 0.6 is 0 Å². The first-order valence-corrected chi connectivity index (χ1v) is 4.73. The van der Waals surface area contributed by atoms with Gasteiger partial charge in [0, 0.05) is 12.1 Å². The molecular formula is C11H17NO. The largest absolute Gasteiger partial charge is 0.313 e. The maximum absolute atomic E-state index is 11.3. The fraction of sp³-hybridized carbons (Fsp3) is 0.545. The fourth-order valence-electron chi connectivity index (χ4n) is 1.76. The smallest absolute Gasteiger partial charge is 0.159 e. The third-order valence-corrected chi connectivity index (χ3v) is 2.45. The minimum absolute atomic E-state index is 0.179. The van der Waals surface area contributed by atoms with E-state index in [1.54, 1.807) is 6.92 Å². The second kappa shape index (κ2) is 4.38. The fourth-order valence-corrected chi connectivity index (χ4v) is 1.76. The molecule has 0 fully saturated rings. The Bertz CT molecular complexity index is 274. The van der Waals surface area contributed by atoms with Gasteiger partial charge in [0.2, 0.25) is 0 Å². The topological polar surface area (TPSA) is 29.1 Å². The van der Waals surface area contributed by atoms with Crippen LogP contribution in [-0.4, -0.2) is 18.9 Å². The van der Waals surface area contributed by atoms with Gasteiger partial charge in [0.15, 0.2) is 5.78 Å². The zero-order valence-corrected chi connectivity index (χ0v) is 8.61. The molecule has 2 nitrogen and oxygen atoms in total. The van der Waals surface area contributed by atoms with Crippen LogP contribution in [0.5, 0.6) is 0 Å². The molecule has 0 spiro atoms. The van der Waals surface area contributed by atoms with Crippen LogP contribution in [-0.2, 0) is 4.79 Å². The maximum atomic E-state index is 11.3. The van der Waals surface area contributed by atoms with Crippen LogP contribution in [0.3, 0.4) is 0 Å². The Labute approximate surface area is 79.7 Å². The summed E-state index contributed by atoms with van der Waals surface area (Å²) in [6.45, 7) is 7.56. The predicted octanol–water partition coefficient (Wildman–Crippen LogP) is 1.83. The molecule has 0 saturated carbocycles. The van der Waals surface area contributed by atoms with E-state index in [4.69, 9.17) is 0 Å². The standard InChI is InChI=1S/C11H17NO/c1-4-10(9(3)13)11-5-6-12-7-8(11)2/h4,12H,5-7H2,1-3H3/b10-4-. The second-order valence-corrected chi connectivity index (χ2v) is 3.44. The van der Waals surface area contributed by atoms with E-state index in [0.717, 1.165) is 25.1 Å². The highest BCUT2D eigenvalue weighted by molar-refractivity contribution is 5.97. The van der Waals surface area contributed by atoms with Crippen molar-refractivity contribution < 1.29 is 4.79 Å². The summed E-state index contributed by atoms with van der Waals surface area (Å²) < 4.78 is 0. The van der Waals surface area contributed by atoms with Crippen molar-refractivity contribution in [3.8, 4) is 0 Å². The zero-order valence-electron chi connectivity index (χ0n) is 8.61. The molecule has 1 N–H and O–H groups in total. The van der Waals surface area contributed by atoms with Gasteiger partial charge in [0.25, 0.3) is 0 Å². The van der Waals surface area contributed by atoms with Crippen molar-refractivity contribution in [1.82, 2.24) is 5.32 Å². The number of ketones is 1. The van der Waals surface area contributed by atoms with Gasteiger partial charge >= 0.3 is 0 Å². The summed E-state index contributed by atoms with van der Waals surface area (Å²) >= 11 is 0. The molecule has 0 amide bonds. The minimum atomic E-state index is 0.179. The quantitative estimate of drug-likeness (QED) is 0.655. The summed E-state index contributed by atoms with van der Waals surface area (Å²) in [4.78, 5) is 11.3. The summed E-state index contributed by atoms with van der Waals surface area (Å²) in [5.74, 6) is 0.179. The number of Topliss-reactive ketones (excluding diaryl/α,β-unsaturated/α-hetero) is 1. The Hall–Kier alpha value is -0.890. The molecule has 0 unspecified atom stereocenters.